The van der Waals surface area contributed by atoms with Crippen molar-refractivity contribution in [1.82, 2.24) is 9.97 Å². The molecule has 0 aliphatic rings. The van der Waals surface area contributed by atoms with Crippen molar-refractivity contribution in [2.75, 3.05) is 7.11 Å². The Hall–Kier alpha value is -1.76. The van der Waals surface area contributed by atoms with E-state index >= 15 is 0 Å². The van der Waals surface area contributed by atoms with Crippen LogP contribution in [0.2, 0.25) is 0 Å². The van der Waals surface area contributed by atoms with Crippen molar-refractivity contribution in [2.45, 2.75) is 17.9 Å². The van der Waals surface area contributed by atoms with Crippen LogP contribution in [0.15, 0.2) is 36.7 Å². The number of methoxy groups -OCH3 is 1. The molecule has 2 rings (SSSR count). The maximum Gasteiger partial charge on any atom is 0.387 e. The van der Waals surface area contributed by atoms with E-state index in [-0.39, 0.29) is 10.6 Å². The maximum absolute atomic E-state index is 12.1. The lowest BCUT2D eigenvalue weighted by Crippen LogP contribution is -2.02. The lowest BCUT2D eigenvalue weighted by molar-refractivity contribution is -0.0498. The Balaban J connectivity index is 2.03. The molecule has 0 saturated heterocycles. The maximum atomic E-state index is 12.1. The standard InChI is InChI=1S/C14H13BrF2N2O2/c1-20-13-7-10(18-8-19-13)6-12(15)9-2-4-11(5-3-9)21-14(16)17/h2-5,7-8,12,14H,6H2,1H3. The van der Waals surface area contributed by atoms with Crippen molar-refractivity contribution in [3.8, 4) is 11.6 Å². The molecule has 0 aliphatic carbocycles. The Morgan fingerprint density at radius 2 is 1.90 bits per heavy atom. The zero-order valence-electron chi connectivity index (χ0n) is 11.2. The van der Waals surface area contributed by atoms with Crippen LogP contribution in [0.3, 0.4) is 0 Å². The molecular formula is C14H13BrF2N2O2. The SMILES string of the molecule is COc1cc(CC(Br)c2ccc(OC(F)F)cc2)ncn1. The van der Waals surface area contributed by atoms with Crippen LogP contribution in [0.25, 0.3) is 0 Å². The lowest BCUT2D eigenvalue weighted by atomic mass is 10.1. The first kappa shape index (κ1) is 15.6. The summed E-state index contributed by atoms with van der Waals surface area (Å²) in [7, 11) is 1.54. The smallest absolute Gasteiger partial charge is 0.387 e. The third-order valence-corrected chi connectivity index (χ3v) is 3.62. The zero-order chi connectivity index (χ0) is 15.2. The number of hydrogen-bond donors (Lipinski definition) is 0. The summed E-state index contributed by atoms with van der Waals surface area (Å²) in [4.78, 5) is 8.10. The predicted octanol–water partition coefficient (Wildman–Crippen LogP) is 3.77. The van der Waals surface area contributed by atoms with Crippen LogP contribution in [-0.4, -0.2) is 23.7 Å². The van der Waals surface area contributed by atoms with Gasteiger partial charge in [0.05, 0.1) is 7.11 Å². The summed E-state index contributed by atoms with van der Waals surface area (Å²) < 4.78 is 33.5. The Kier molecular flexibility index (Phi) is 5.44. The van der Waals surface area contributed by atoms with Gasteiger partial charge in [-0.3, -0.25) is 0 Å². The van der Waals surface area contributed by atoms with E-state index in [9.17, 15) is 8.78 Å². The molecule has 1 atom stereocenters. The van der Waals surface area contributed by atoms with E-state index in [0.29, 0.717) is 12.3 Å². The minimum Gasteiger partial charge on any atom is -0.481 e. The third-order valence-electron chi connectivity index (χ3n) is 2.76. The van der Waals surface area contributed by atoms with Gasteiger partial charge in [0.2, 0.25) is 5.88 Å². The fraction of sp³-hybridized carbons (Fsp3) is 0.286. The largest absolute Gasteiger partial charge is 0.481 e. The summed E-state index contributed by atoms with van der Waals surface area (Å²) in [5.74, 6) is 0.637. The molecule has 21 heavy (non-hydrogen) atoms. The average molecular weight is 359 g/mol. The zero-order valence-corrected chi connectivity index (χ0v) is 12.8. The minimum atomic E-state index is -2.82. The molecule has 112 valence electrons. The first-order valence-electron chi connectivity index (χ1n) is 6.12. The van der Waals surface area contributed by atoms with Gasteiger partial charge in [0, 0.05) is 23.0 Å². The molecule has 2 aromatic rings. The Morgan fingerprint density at radius 3 is 2.52 bits per heavy atom. The number of benzene rings is 1. The van der Waals surface area contributed by atoms with E-state index in [4.69, 9.17) is 4.74 Å². The van der Waals surface area contributed by atoms with E-state index in [1.54, 1.807) is 25.3 Å². The van der Waals surface area contributed by atoms with Crippen LogP contribution in [0.5, 0.6) is 11.6 Å². The average Bonchev–Trinajstić information content (AvgIpc) is 2.47. The van der Waals surface area contributed by atoms with Gasteiger partial charge in [-0.25, -0.2) is 9.97 Å². The molecular weight excluding hydrogens is 346 g/mol. The van der Waals surface area contributed by atoms with E-state index in [1.807, 2.05) is 0 Å². The van der Waals surface area contributed by atoms with Gasteiger partial charge >= 0.3 is 6.61 Å². The van der Waals surface area contributed by atoms with Gasteiger partial charge in [-0.05, 0) is 17.7 Å². The van der Waals surface area contributed by atoms with Gasteiger partial charge in [-0.15, -0.1) is 0 Å². The summed E-state index contributed by atoms with van der Waals surface area (Å²) in [5, 5.41) is 0. The minimum absolute atomic E-state index is 0.00212. The van der Waals surface area contributed by atoms with Crippen LogP contribution in [-0.2, 0) is 6.42 Å². The molecule has 1 heterocycles. The van der Waals surface area contributed by atoms with Gasteiger partial charge in [-0.2, -0.15) is 8.78 Å². The third kappa shape index (κ3) is 4.63. The van der Waals surface area contributed by atoms with Crippen LogP contribution in [0.1, 0.15) is 16.1 Å². The Labute approximate surface area is 129 Å². The number of rotatable bonds is 6. The molecule has 0 saturated carbocycles. The van der Waals surface area contributed by atoms with Crippen LogP contribution in [0, 0.1) is 0 Å². The van der Waals surface area contributed by atoms with E-state index in [2.05, 4.69) is 30.6 Å². The van der Waals surface area contributed by atoms with Crippen LogP contribution >= 0.6 is 15.9 Å². The molecule has 1 aromatic carbocycles. The number of nitrogens with zero attached hydrogens (tertiary/aromatic N) is 2. The second-order valence-corrected chi connectivity index (χ2v) is 5.28. The number of aromatic nitrogens is 2. The molecule has 0 spiro atoms. The molecule has 0 fully saturated rings. The van der Waals surface area contributed by atoms with Gasteiger partial charge in [-0.1, -0.05) is 28.1 Å². The van der Waals surface area contributed by atoms with Crippen molar-refractivity contribution in [3.05, 3.63) is 47.9 Å². The van der Waals surface area contributed by atoms with Gasteiger partial charge in [0.1, 0.15) is 12.1 Å². The monoisotopic (exact) mass is 358 g/mol. The van der Waals surface area contributed by atoms with Crippen molar-refractivity contribution >= 4 is 15.9 Å². The first-order chi connectivity index (χ1) is 10.1. The number of alkyl halides is 3. The lowest BCUT2D eigenvalue weighted by Gasteiger charge is -2.11. The summed E-state index contributed by atoms with van der Waals surface area (Å²) in [5.41, 5.74) is 1.76. The van der Waals surface area contributed by atoms with Crippen molar-refractivity contribution in [2.24, 2.45) is 0 Å². The summed E-state index contributed by atoms with van der Waals surface area (Å²) in [6.07, 6.45) is 2.06. The highest BCUT2D eigenvalue weighted by molar-refractivity contribution is 9.09. The summed E-state index contributed by atoms with van der Waals surface area (Å²) in [6, 6.07) is 8.24. The quantitative estimate of drug-likeness (QED) is 0.737. The number of hydrogen-bond acceptors (Lipinski definition) is 4. The van der Waals surface area contributed by atoms with E-state index in [0.717, 1.165) is 11.3 Å². The first-order valence-corrected chi connectivity index (χ1v) is 7.04. The molecule has 0 aliphatic heterocycles. The molecule has 4 nitrogen and oxygen atoms in total. The number of halogens is 3. The molecule has 0 N–H and O–H groups in total. The molecule has 1 aromatic heterocycles. The fourth-order valence-corrected chi connectivity index (χ4v) is 2.40. The van der Waals surface area contributed by atoms with E-state index in [1.165, 1.54) is 18.5 Å². The highest BCUT2D eigenvalue weighted by atomic mass is 79.9. The molecule has 0 radical (unpaired) electrons. The second-order valence-electron chi connectivity index (χ2n) is 4.17. The topological polar surface area (TPSA) is 44.2 Å². The fourth-order valence-electron chi connectivity index (χ4n) is 1.76. The Bertz CT molecular complexity index is 581. The molecule has 1 unspecified atom stereocenters. The molecule has 0 bridgehead atoms. The van der Waals surface area contributed by atoms with Crippen molar-refractivity contribution in [1.29, 1.82) is 0 Å². The van der Waals surface area contributed by atoms with Crippen LogP contribution < -0.4 is 9.47 Å². The highest BCUT2D eigenvalue weighted by Crippen LogP contribution is 2.28. The van der Waals surface area contributed by atoms with Crippen molar-refractivity contribution in [3.63, 3.8) is 0 Å². The summed E-state index contributed by atoms with van der Waals surface area (Å²) in [6.45, 7) is -2.82. The Morgan fingerprint density at radius 1 is 1.19 bits per heavy atom. The summed E-state index contributed by atoms with van der Waals surface area (Å²) >= 11 is 3.55. The molecule has 7 heteroatoms. The van der Waals surface area contributed by atoms with Crippen molar-refractivity contribution < 1.29 is 18.3 Å². The highest BCUT2D eigenvalue weighted by Gasteiger charge is 2.11. The normalized spacial score (nSPS) is 12.2. The van der Waals surface area contributed by atoms with Crippen LogP contribution in [0.4, 0.5) is 8.78 Å². The number of ether oxygens (including phenoxy) is 2. The van der Waals surface area contributed by atoms with Gasteiger partial charge in [0.25, 0.3) is 0 Å². The second kappa shape index (κ2) is 7.31. The molecule has 0 amide bonds. The predicted molar refractivity (Wildman–Crippen MR) is 77.0 cm³/mol. The van der Waals surface area contributed by atoms with Gasteiger partial charge in [0.15, 0.2) is 0 Å². The van der Waals surface area contributed by atoms with Gasteiger partial charge < -0.3 is 9.47 Å². The van der Waals surface area contributed by atoms with E-state index < -0.39 is 6.61 Å².